The van der Waals surface area contributed by atoms with E-state index in [0.717, 1.165) is 33.3 Å². The van der Waals surface area contributed by atoms with Crippen LogP contribution in [0.25, 0.3) is 44.6 Å². The maximum atomic E-state index is 6.56. The number of rotatable bonds is 0. The number of pyridine rings is 3. The fourth-order valence-electron chi connectivity index (χ4n) is 6.40. The monoisotopic (exact) mass is 439 g/mol. The summed E-state index contributed by atoms with van der Waals surface area (Å²) < 4.78 is 11.4. The Labute approximate surface area is 196 Å². The van der Waals surface area contributed by atoms with Gasteiger partial charge in [0.2, 0.25) is 17.1 Å². The van der Waals surface area contributed by atoms with Crippen molar-refractivity contribution >= 4 is 22.1 Å². The van der Waals surface area contributed by atoms with Gasteiger partial charge in [-0.2, -0.15) is 0 Å². The Hall–Kier alpha value is -4.31. The van der Waals surface area contributed by atoms with Crippen LogP contribution in [0, 0.1) is 13.8 Å². The van der Waals surface area contributed by atoms with E-state index >= 15 is 0 Å². The highest BCUT2D eigenvalue weighted by Crippen LogP contribution is 2.50. The van der Waals surface area contributed by atoms with E-state index in [1.165, 1.54) is 27.9 Å². The molecule has 4 nitrogen and oxygen atoms in total. The molecule has 1 atom stereocenters. The second-order valence-corrected chi connectivity index (χ2v) is 9.36. The minimum Gasteiger partial charge on any atom is -0.437 e. The van der Waals surface area contributed by atoms with Crippen LogP contribution in [0.2, 0.25) is 0 Å². The Morgan fingerprint density at radius 1 is 0.765 bits per heavy atom. The highest BCUT2D eigenvalue weighted by molar-refractivity contribution is 6.10. The minimum absolute atomic E-state index is 0.509. The number of aromatic nitrogens is 3. The van der Waals surface area contributed by atoms with Crippen LogP contribution in [-0.4, -0.2) is 4.98 Å². The lowest BCUT2D eigenvalue weighted by atomic mass is 9.89. The number of hydrogen-bond donors (Lipinski definition) is 0. The van der Waals surface area contributed by atoms with Gasteiger partial charge in [-0.25, -0.2) is 4.98 Å². The molecule has 6 heterocycles. The van der Waals surface area contributed by atoms with Crippen molar-refractivity contribution in [2.75, 3.05) is 0 Å². The van der Waals surface area contributed by atoms with Crippen LogP contribution in [0.4, 0.5) is 0 Å². The van der Waals surface area contributed by atoms with E-state index in [-0.39, 0.29) is 0 Å². The molecule has 2 aliphatic heterocycles. The highest BCUT2D eigenvalue weighted by atomic mass is 16.3. The summed E-state index contributed by atoms with van der Waals surface area (Å²) >= 11 is 0. The van der Waals surface area contributed by atoms with E-state index in [9.17, 15) is 0 Å². The van der Waals surface area contributed by atoms with Gasteiger partial charge in [-0.05, 0) is 61.9 Å². The summed E-state index contributed by atoms with van der Waals surface area (Å²) in [5.41, 5.74) is 10.6. The zero-order valence-electron chi connectivity index (χ0n) is 18.9. The summed E-state index contributed by atoms with van der Waals surface area (Å²) in [6.07, 6.45) is 4.40. The largest absolute Gasteiger partial charge is 0.437 e. The normalized spacial score (nSPS) is 17.2. The molecule has 34 heavy (non-hydrogen) atoms. The Morgan fingerprint density at radius 3 is 2.35 bits per heavy atom. The van der Waals surface area contributed by atoms with E-state index in [0.29, 0.717) is 5.71 Å². The van der Waals surface area contributed by atoms with E-state index in [2.05, 4.69) is 107 Å². The first-order valence-corrected chi connectivity index (χ1v) is 11.7. The maximum absolute atomic E-state index is 6.56. The fraction of sp³-hybridized carbons (Fsp3) is 0.100. The molecule has 0 radical (unpaired) electrons. The number of nitrogens with zero attached hydrogens (tertiary/aromatic N) is 3. The summed E-state index contributed by atoms with van der Waals surface area (Å²) in [5, 5.41) is 2.22. The Morgan fingerprint density at radius 2 is 1.50 bits per heavy atom. The molecule has 0 N–H and O–H groups in total. The van der Waals surface area contributed by atoms with Gasteiger partial charge in [0.1, 0.15) is 16.7 Å². The predicted octanol–water partition coefficient (Wildman–Crippen LogP) is 5.43. The van der Waals surface area contributed by atoms with E-state index in [1.807, 2.05) is 6.92 Å². The van der Waals surface area contributed by atoms with Crippen LogP contribution >= 0.6 is 0 Å². The maximum Gasteiger partial charge on any atom is 0.417 e. The molecule has 0 amide bonds. The van der Waals surface area contributed by atoms with Crippen molar-refractivity contribution in [1.29, 1.82) is 0 Å². The number of hydrogen-bond acceptors (Lipinski definition) is 2. The lowest BCUT2D eigenvalue weighted by molar-refractivity contribution is -0.955. The third-order valence-electron chi connectivity index (χ3n) is 7.56. The first-order valence-electron chi connectivity index (χ1n) is 11.7. The first-order chi connectivity index (χ1) is 16.7. The molecule has 4 heteroatoms. The molecule has 2 aromatic carbocycles. The van der Waals surface area contributed by atoms with Gasteiger partial charge in [0.25, 0.3) is 0 Å². The second-order valence-electron chi connectivity index (χ2n) is 9.36. The summed E-state index contributed by atoms with van der Waals surface area (Å²) in [4.78, 5) is 4.74. The number of aryl methyl sites for hydroxylation is 2. The van der Waals surface area contributed by atoms with Crippen molar-refractivity contribution in [3.8, 4) is 22.5 Å². The minimum atomic E-state index is -0.509. The Bertz CT molecular complexity index is 1800. The third-order valence-corrected chi connectivity index (χ3v) is 7.56. The first kappa shape index (κ1) is 18.2. The van der Waals surface area contributed by atoms with Gasteiger partial charge in [0.05, 0.1) is 10.9 Å². The molecule has 1 spiro atoms. The zero-order chi connectivity index (χ0) is 22.6. The van der Waals surface area contributed by atoms with Crippen molar-refractivity contribution < 1.29 is 13.6 Å². The average molecular weight is 440 g/mol. The number of furan rings is 1. The van der Waals surface area contributed by atoms with Crippen molar-refractivity contribution in [2.45, 2.75) is 19.5 Å². The van der Waals surface area contributed by atoms with Gasteiger partial charge in [-0.3, -0.25) is 0 Å². The molecule has 2 aliphatic rings. The Balaban J connectivity index is 1.61. The molecule has 6 aromatic rings. The highest BCUT2D eigenvalue weighted by Gasteiger charge is 2.66. The summed E-state index contributed by atoms with van der Waals surface area (Å²) in [7, 11) is 0. The molecule has 160 valence electrons. The molecule has 0 aliphatic carbocycles. The van der Waals surface area contributed by atoms with Crippen LogP contribution in [0.5, 0.6) is 0 Å². The lowest BCUT2D eigenvalue weighted by Crippen LogP contribution is -2.71. The van der Waals surface area contributed by atoms with Crippen molar-refractivity contribution in [3.63, 3.8) is 0 Å². The molecule has 8 rings (SSSR count). The van der Waals surface area contributed by atoms with Gasteiger partial charge < -0.3 is 4.42 Å². The van der Waals surface area contributed by atoms with Crippen molar-refractivity contribution in [1.82, 2.24) is 4.98 Å². The SMILES string of the molecule is Cc1cc(C)c2c(n1)oc1c3c(ccc12)C1(c2ccccc2-c2cccc[n+]21)[n+]1ccccc1-3. The van der Waals surface area contributed by atoms with Crippen molar-refractivity contribution in [3.05, 3.63) is 114 Å². The van der Waals surface area contributed by atoms with Gasteiger partial charge in [0.15, 0.2) is 18.0 Å². The lowest BCUT2D eigenvalue weighted by Gasteiger charge is -2.16. The number of fused-ring (bicyclic) bond motifs is 14. The smallest absolute Gasteiger partial charge is 0.417 e. The predicted molar refractivity (Wildman–Crippen MR) is 130 cm³/mol. The fourth-order valence-corrected chi connectivity index (χ4v) is 6.40. The standard InChI is InChI=1S/C30H21N3O/c1-18-17-19(2)31-29-26(18)21-13-14-23-27(28(21)34-29)25-12-6-8-16-33(25)30(23)22-10-4-3-9-20(22)24-11-5-7-15-32(24)30/h3-17H,1-2H3/q+2. The summed E-state index contributed by atoms with van der Waals surface area (Å²) in [5.74, 6) is 0. The van der Waals surface area contributed by atoms with Gasteiger partial charge in [-0.1, -0.05) is 12.1 Å². The second kappa shape index (κ2) is 5.97. The summed E-state index contributed by atoms with van der Waals surface area (Å²) in [6.45, 7) is 4.16. The molecule has 0 saturated heterocycles. The van der Waals surface area contributed by atoms with Crippen LogP contribution in [-0.2, 0) is 5.66 Å². The molecule has 1 unspecified atom stereocenters. The van der Waals surface area contributed by atoms with Crippen LogP contribution in [0.3, 0.4) is 0 Å². The molecule has 0 bridgehead atoms. The van der Waals surface area contributed by atoms with Gasteiger partial charge >= 0.3 is 5.66 Å². The summed E-state index contributed by atoms with van der Waals surface area (Å²) in [6, 6.07) is 28.3. The van der Waals surface area contributed by atoms with E-state index in [4.69, 9.17) is 9.40 Å². The van der Waals surface area contributed by atoms with Crippen LogP contribution in [0.15, 0.2) is 95.7 Å². The van der Waals surface area contributed by atoms with Gasteiger partial charge in [-0.15, -0.1) is 9.13 Å². The molecule has 0 saturated carbocycles. The quantitative estimate of drug-likeness (QED) is 0.295. The zero-order valence-corrected chi connectivity index (χ0v) is 18.9. The third kappa shape index (κ3) is 1.91. The average Bonchev–Trinajstić information content (AvgIpc) is 3.47. The van der Waals surface area contributed by atoms with E-state index < -0.39 is 5.66 Å². The molecular weight excluding hydrogens is 418 g/mol. The van der Waals surface area contributed by atoms with E-state index in [1.54, 1.807) is 0 Å². The number of benzene rings is 2. The Kier molecular flexibility index (Phi) is 3.19. The molecule has 0 fully saturated rings. The topological polar surface area (TPSA) is 33.8 Å². The molecule has 4 aromatic heterocycles. The van der Waals surface area contributed by atoms with Crippen LogP contribution < -0.4 is 9.13 Å². The van der Waals surface area contributed by atoms with Gasteiger partial charge in [0, 0.05) is 35.3 Å². The molecular formula is C30H21N3O+2. The van der Waals surface area contributed by atoms with Crippen molar-refractivity contribution in [2.24, 2.45) is 0 Å². The van der Waals surface area contributed by atoms with Crippen LogP contribution in [0.1, 0.15) is 22.4 Å².